The average molecular weight is 553 g/mol. The van der Waals surface area contributed by atoms with Crippen molar-refractivity contribution in [2.75, 3.05) is 39.3 Å². The van der Waals surface area contributed by atoms with E-state index in [0.717, 1.165) is 44.2 Å². The molecular weight excluding hydrogens is 521 g/mol. The number of rotatable bonds is 7. The number of hydrogen-bond acceptors (Lipinski definition) is 5. The van der Waals surface area contributed by atoms with Crippen LogP contribution in [-0.2, 0) is 11.3 Å². The third-order valence-electron chi connectivity index (χ3n) is 4.93. The molecule has 1 N–H and O–H groups in total. The summed E-state index contributed by atoms with van der Waals surface area (Å²) in [6.07, 6.45) is 1.78. The van der Waals surface area contributed by atoms with Gasteiger partial charge in [-0.05, 0) is 31.5 Å². The molecule has 174 valence electrons. The Kier molecular flexibility index (Phi) is 10.5. The molecule has 2 aromatic rings. The minimum absolute atomic E-state index is 0. The Morgan fingerprint density at radius 1 is 1.06 bits per heavy atom. The molecule has 1 saturated heterocycles. The zero-order valence-corrected chi connectivity index (χ0v) is 21.2. The van der Waals surface area contributed by atoms with Crippen molar-refractivity contribution in [2.45, 2.75) is 27.3 Å². The van der Waals surface area contributed by atoms with E-state index in [0.29, 0.717) is 30.5 Å². The fraction of sp³-hybridized carbons (Fsp3) is 0.435. The molecule has 0 aliphatic carbocycles. The van der Waals surface area contributed by atoms with E-state index in [1.807, 2.05) is 48.2 Å². The maximum Gasteiger partial charge on any atom is 0.219 e. The average Bonchev–Trinajstić information content (AvgIpc) is 2.79. The number of hydrogen-bond donors (Lipinski definition) is 1. The van der Waals surface area contributed by atoms with Gasteiger partial charge in [0, 0.05) is 51.9 Å². The lowest BCUT2D eigenvalue weighted by Gasteiger charge is -2.36. The number of halogens is 1. The van der Waals surface area contributed by atoms with Crippen LogP contribution in [0.4, 0.5) is 0 Å². The highest BCUT2D eigenvalue weighted by atomic mass is 127. The monoisotopic (exact) mass is 553 g/mol. The van der Waals surface area contributed by atoms with Gasteiger partial charge in [-0.3, -0.25) is 4.79 Å². The van der Waals surface area contributed by atoms with Gasteiger partial charge in [-0.1, -0.05) is 18.2 Å². The number of carbonyl (C=O) groups is 1. The molecule has 0 unspecified atom stereocenters. The minimum atomic E-state index is 0. The molecule has 1 aliphatic rings. The van der Waals surface area contributed by atoms with Gasteiger partial charge in [-0.2, -0.15) is 0 Å². The van der Waals surface area contributed by atoms with Crippen molar-refractivity contribution in [2.24, 2.45) is 4.99 Å². The first-order valence-corrected chi connectivity index (χ1v) is 10.7. The Morgan fingerprint density at radius 3 is 2.34 bits per heavy atom. The highest BCUT2D eigenvalue weighted by molar-refractivity contribution is 14.0. The number of piperazine rings is 1. The van der Waals surface area contributed by atoms with E-state index in [1.165, 1.54) is 0 Å². The molecule has 0 bridgehead atoms. The molecule has 0 atom stereocenters. The lowest BCUT2D eigenvalue weighted by atomic mass is 10.3. The molecule has 1 amide bonds. The Bertz CT molecular complexity index is 883. The first-order chi connectivity index (χ1) is 15.1. The number of aliphatic imine (C=N–C) groups is 1. The Labute approximate surface area is 207 Å². The van der Waals surface area contributed by atoms with Gasteiger partial charge in [-0.25, -0.2) is 9.98 Å². The van der Waals surface area contributed by atoms with Crippen LogP contribution in [0.1, 0.15) is 26.3 Å². The number of para-hydroxylation sites is 2. The molecule has 9 heteroatoms. The van der Waals surface area contributed by atoms with Gasteiger partial charge >= 0.3 is 0 Å². The SMILES string of the molecule is CCNC(=NCc1ccc(Oc2ccccc2OCC)nc1)N1CCN(C(C)=O)CC1.I. The Morgan fingerprint density at radius 2 is 1.75 bits per heavy atom. The molecule has 0 radical (unpaired) electrons. The highest BCUT2D eigenvalue weighted by Crippen LogP contribution is 2.30. The van der Waals surface area contributed by atoms with E-state index in [2.05, 4.69) is 22.1 Å². The van der Waals surface area contributed by atoms with Gasteiger partial charge < -0.3 is 24.6 Å². The molecule has 32 heavy (non-hydrogen) atoms. The quantitative estimate of drug-likeness (QED) is 0.321. The summed E-state index contributed by atoms with van der Waals surface area (Å²) in [5.41, 5.74) is 0.989. The summed E-state index contributed by atoms with van der Waals surface area (Å²) in [6, 6.07) is 11.4. The summed E-state index contributed by atoms with van der Waals surface area (Å²) in [4.78, 5) is 24.8. The van der Waals surface area contributed by atoms with Crippen molar-refractivity contribution in [3.63, 3.8) is 0 Å². The number of carbonyl (C=O) groups excluding carboxylic acids is 1. The van der Waals surface area contributed by atoms with Gasteiger partial charge in [0.1, 0.15) is 0 Å². The van der Waals surface area contributed by atoms with Crippen LogP contribution < -0.4 is 14.8 Å². The summed E-state index contributed by atoms with van der Waals surface area (Å²) < 4.78 is 11.5. The number of aromatic nitrogens is 1. The van der Waals surface area contributed by atoms with Crippen LogP contribution in [0.5, 0.6) is 17.4 Å². The highest BCUT2D eigenvalue weighted by Gasteiger charge is 2.20. The lowest BCUT2D eigenvalue weighted by Crippen LogP contribution is -2.53. The van der Waals surface area contributed by atoms with Gasteiger partial charge in [-0.15, -0.1) is 24.0 Å². The van der Waals surface area contributed by atoms with Crippen LogP contribution in [0.3, 0.4) is 0 Å². The Hall–Kier alpha value is -2.56. The number of benzene rings is 1. The van der Waals surface area contributed by atoms with E-state index in [9.17, 15) is 4.79 Å². The first kappa shape index (κ1) is 25.7. The van der Waals surface area contributed by atoms with Crippen molar-refractivity contribution in [1.82, 2.24) is 20.1 Å². The second-order valence-electron chi connectivity index (χ2n) is 7.15. The molecule has 0 spiro atoms. The maximum absolute atomic E-state index is 11.5. The molecule has 1 aliphatic heterocycles. The maximum atomic E-state index is 11.5. The number of guanidine groups is 1. The molecule has 1 aromatic carbocycles. The molecule has 1 fully saturated rings. The van der Waals surface area contributed by atoms with Crippen molar-refractivity contribution in [1.29, 1.82) is 0 Å². The zero-order valence-electron chi connectivity index (χ0n) is 18.9. The standard InChI is InChI=1S/C23H31N5O3.HI/c1-4-24-23(28-14-12-27(13-15-28)18(3)29)26-17-19-10-11-22(25-16-19)31-21-9-7-6-8-20(21)30-5-2;/h6-11,16H,4-5,12-15,17H2,1-3H3,(H,24,26);1H. The number of nitrogens with one attached hydrogen (secondary N) is 1. The third kappa shape index (κ3) is 7.25. The van der Waals surface area contributed by atoms with Crippen molar-refractivity contribution < 1.29 is 14.3 Å². The summed E-state index contributed by atoms with van der Waals surface area (Å²) in [7, 11) is 0. The number of nitrogens with zero attached hydrogens (tertiary/aromatic N) is 4. The molecule has 2 heterocycles. The number of amides is 1. The zero-order chi connectivity index (χ0) is 22.1. The fourth-order valence-electron chi connectivity index (χ4n) is 3.31. The molecule has 8 nitrogen and oxygen atoms in total. The summed E-state index contributed by atoms with van der Waals surface area (Å²) in [5.74, 6) is 2.82. The topological polar surface area (TPSA) is 79.3 Å². The second-order valence-corrected chi connectivity index (χ2v) is 7.15. The van der Waals surface area contributed by atoms with Crippen LogP contribution >= 0.6 is 24.0 Å². The van der Waals surface area contributed by atoms with Crippen molar-refractivity contribution in [3.8, 4) is 17.4 Å². The molecule has 0 saturated carbocycles. The van der Waals surface area contributed by atoms with E-state index in [4.69, 9.17) is 14.5 Å². The van der Waals surface area contributed by atoms with Crippen LogP contribution in [-0.4, -0.2) is 66.0 Å². The smallest absolute Gasteiger partial charge is 0.219 e. The summed E-state index contributed by atoms with van der Waals surface area (Å²) in [6.45, 7) is 10.5. The van der Waals surface area contributed by atoms with Crippen LogP contribution in [0.25, 0.3) is 0 Å². The molecule has 1 aromatic heterocycles. The molecule has 3 rings (SSSR count). The van der Waals surface area contributed by atoms with Crippen molar-refractivity contribution in [3.05, 3.63) is 48.2 Å². The van der Waals surface area contributed by atoms with E-state index in [1.54, 1.807) is 13.1 Å². The van der Waals surface area contributed by atoms with E-state index in [-0.39, 0.29) is 29.9 Å². The largest absolute Gasteiger partial charge is 0.490 e. The fourth-order valence-corrected chi connectivity index (χ4v) is 3.31. The predicted molar refractivity (Wildman–Crippen MR) is 136 cm³/mol. The van der Waals surface area contributed by atoms with Crippen LogP contribution in [0.2, 0.25) is 0 Å². The van der Waals surface area contributed by atoms with Gasteiger partial charge in [0.25, 0.3) is 0 Å². The van der Waals surface area contributed by atoms with Crippen molar-refractivity contribution >= 4 is 35.8 Å². The predicted octanol–water partition coefficient (Wildman–Crippen LogP) is 3.52. The Balaban J connectivity index is 0.00000363. The normalized spacial score (nSPS) is 13.9. The van der Waals surface area contributed by atoms with Gasteiger partial charge in [0.05, 0.1) is 13.2 Å². The second kappa shape index (κ2) is 13.1. The molecular formula is C23H32IN5O3. The number of ether oxygens (including phenoxy) is 2. The minimum Gasteiger partial charge on any atom is -0.490 e. The van der Waals surface area contributed by atoms with Gasteiger partial charge in [0.2, 0.25) is 11.8 Å². The third-order valence-corrected chi connectivity index (χ3v) is 4.93. The lowest BCUT2D eigenvalue weighted by molar-refractivity contribution is -0.130. The first-order valence-electron chi connectivity index (χ1n) is 10.7. The summed E-state index contributed by atoms with van der Waals surface area (Å²) >= 11 is 0. The van der Waals surface area contributed by atoms with Crippen LogP contribution in [0, 0.1) is 0 Å². The van der Waals surface area contributed by atoms with Gasteiger partial charge in [0.15, 0.2) is 17.5 Å². The van der Waals surface area contributed by atoms with E-state index >= 15 is 0 Å². The summed E-state index contributed by atoms with van der Waals surface area (Å²) in [5, 5.41) is 3.34. The number of pyridine rings is 1. The van der Waals surface area contributed by atoms with E-state index < -0.39 is 0 Å². The van der Waals surface area contributed by atoms with Crippen LogP contribution in [0.15, 0.2) is 47.6 Å².